The van der Waals surface area contributed by atoms with Gasteiger partial charge in [-0.3, -0.25) is 9.59 Å². The lowest BCUT2D eigenvalue weighted by atomic mass is 10.1. The van der Waals surface area contributed by atoms with Crippen molar-refractivity contribution in [2.24, 2.45) is 0 Å². The number of aryl methyl sites for hydroxylation is 1. The number of thiazole rings is 1. The summed E-state index contributed by atoms with van der Waals surface area (Å²) in [5.74, 6) is -0.147. The van der Waals surface area contributed by atoms with Gasteiger partial charge in [-0.2, -0.15) is 0 Å². The zero-order valence-corrected chi connectivity index (χ0v) is 16.1. The number of carbonyl (C=O) groups is 2. The predicted octanol–water partition coefficient (Wildman–Crippen LogP) is 2.57. The molecule has 1 saturated heterocycles. The van der Waals surface area contributed by atoms with E-state index in [1.165, 1.54) is 11.3 Å². The molecule has 0 spiro atoms. The van der Waals surface area contributed by atoms with Crippen molar-refractivity contribution in [3.63, 3.8) is 0 Å². The van der Waals surface area contributed by atoms with Crippen LogP contribution in [0.25, 0.3) is 5.13 Å². The summed E-state index contributed by atoms with van der Waals surface area (Å²) in [7, 11) is 0. The highest BCUT2D eigenvalue weighted by atomic mass is 32.1. The van der Waals surface area contributed by atoms with Crippen LogP contribution in [-0.4, -0.2) is 40.0 Å². The second-order valence-electron chi connectivity index (χ2n) is 7.08. The van der Waals surface area contributed by atoms with Gasteiger partial charge in [0.15, 0.2) is 5.13 Å². The smallest absolute Gasteiger partial charge is 0.263 e. The zero-order chi connectivity index (χ0) is 19.3. The van der Waals surface area contributed by atoms with Crippen LogP contribution in [0.4, 0.5) is 11.4 Å². The Morgan fingerprint density at radius 2 is 2.04 bits per heavy atom. The molecule has 7 nitrogen and oxygen atoms in total. The minimum Gasteiger partial charge on any atom is -0.356 e. The molecular weight excluding hydrogens is 374 g/mol. The van der Waals surface area contributed by atoms with Crippen molar-refractivity contribution in [1.29, 1.82) is 0 Å². The highest BCUT2D eigenvalue weighted by molar-refractivity contribution is 7.16. The molecule has 2 amide bonds. The Labute approximate surface area is 166 Å². The van der Waals surface area contributed by atoms with Gasteiger partial charge in [0.2, 0.25) is 5.91 Å². The molecule has 1 aromatic carbocycles. The van der Waals surface area contributed by atoms with E-state index in [2.05, 4.69) is 20.5 Å². The number of anilines is 2. The zero-order valence-electron chi connectivity index (χ0n) is 15.3. The fourth-order valence-corrected chi connectivity index (χ4v) is 4.85. The van der Waals surface area contributed by atoms with Crippen molar-refractivity contribution in [1.82, 2.24) is 14.9 Å². The normalized spacial score (nSPS) is 20.5. The molecule has 2 aromatic heterocycles. The van der Waals surface area contributed by atoms with Gasteiger partial charge in [0.05, 0.1) is 17.1 Å². The van der Waals surface area contributed by atoms with Crippen LogP contribution in [0.3, 0.4) is 0 Å². The molecule has 2 unspecified atom stereocenters. The van der Waals surface area contributed by atoms with Gasteiger partial charge in [0, 0.05) is 25.0 Å². The molecule has 4 heterocycles. The molecule has 0 radical (unpaired) electrons. The second-order valence-corrected chi connectivity index (χ2v) is 8.06. The van der Waals surface area contributed by atoms with Gasteiger partial charge in [0.25, 0.3) is 5.91 Å². The Hall–Kier alpha value is -3.13. The lowest BCUT2D eigenvalue weighted by molar-refractivity contribution is -0.117. The minimum absolute atomic E-state index is 0.0145. The molecule has 3 aromatic rings. The molecule has 8 heteroatoms. The van der Waals surface area contributed by atoms with Gasteiger partial charge in [0.1, 0.15) is 10.9 Å². The first kappa shape index (κ1) is 17.0. The van der Waals surface area contributed by atoms with E-state index >= 15 is 0 Å². The first-order valence-corrected chi connectivity index (χ1v) is 10.00. The lowest BCUT2D eigenvalue weighted by Gasteiger charge is -2.32. The van der Waals surface area contributed by atoms with E-state index in [0.717, 1.165) is 16.5 Å². The average molecular weight is 393 g/mol. The van der Waals surface area contributed by atoms with E-state index in [1.807, 2.05) is 60.3 Å². The maximum Gasteiger partial charge on any atom is 0.263 e. The van der Waals surface area contributed by atoms with Gasteiger partial charge in [-0.05, 0) is 37.6 Å². The van der Waals surface area contributed by atoms with Gasteiger partial charge >= 0.3 is 0 Å². The van der Waals surface area contributed by atoms with Gasteiger partial charge in [-0.25, -0.2) is 4.98 Å². The summed E-state index contributed by atoms with van der Waals surface area (Å²) in [5, 5.41) is 6.83. The Morgan fingerprint density at radius 1 is 1.25 bits per heavy atom. The molecule has 28 heavy (non-hydrogen) atoms. The number of hydrogen-bond donors (Lipinski definition) is 2. The highest BCUT2D eigenvalue weighted by Crippen LogP contribution is 2.36. The summed E-state index contributed by atoms with van der Waals surface area (Å²) < 4.78 is 1.89. The summed E-state index contributed by atoms with van der Waals surface area (Å²) in [4.78, 5) is 32.5. The van der Waals surface area contributed by atoms with E-state index in [4.69, 9.17) is 0 Å². The number of rotatable bonds is 3. The molecule has 1 fully saturated rings. The number of para-hydroxylation sites is 2. The summed E-state index contributed by atoms with van der Waals surface area (Å²) >= 11 is 1.37. The monoisotopic (exact) mass is 393 g/mol. The molecule has 0 aliphatic carbocycles. The summed E-state index contributed by atoms with van der Waals surface area (Å²) in [6.07, 6.45) is 4.41. The van der Waals surface area contributed by atoms with Crippen LogP contribution in [0.5, 0.6) is 0 Å². The average Bonchev–Trinajstić information content (AvgIpc) is 3.41. The molecule has 0 saturated carbocycles. The topological polar surface area (TPSA) is 79.3 Å². The van der Waals surface area contributed by atoms with Crippen LogP contribution < -0.4 is 15.5 Å². The first-order chi connectivity index (χ1) is 13.6. The minimum atomic E-state index is -0.252. The molecule has 0 bridgehead atoms. The number of hydrogen-bond acceptors (Lipinski definition) is 5. The van der Waals surface area contributed by atoms with Crippen molar-refractivity contribution in [3.05, 3.63) is 59.4 Å². The van der Waals surface area contributed by atoms with E-state index in [0.29, 0.717) is 23.5 Å². The van der Waals surface area contributed by atoms with Crippen molar-refractivity contribution < 1.29 is 9.59 Å². The molecule has 142 valence electrons. The first-order valence-electron chi connectivity index (χ1n) is 9.18. The number of carbonyl (C=O) groups excluding carboxylic acids is 2. The van der Waals surface area contributed by atoms with Crippen molar-refractivity contribution in [2.75, 3.05) is 16.8 Å². The third-order valence-electron chi connectivity index (χ3n) is 5.23. The van der Waals surface area contributed by atoms with E-state index in [1.54, 1.807) is 0 Å². The molecule has 5 rings (SSSR count). The van der Waals surface area contributed by atoms with Crippen LogP contribution in [-0.2, 0) is 4.79 Å². The quantitative estimate of drug-likeness (QED) is 0.717. The van der Waals surface area contributed by atoms with E-state index < -0.39 is 0 Å². The van der Waals surface area contributed by atoms with Crippen molar-refractivity contribution in [3.8, 4) is 5.13 Å². The second kappa shape index (κ2) is 6.49. The summed E-state index contributed by atoms with van der Waals surface area (Å²) in [6, 6.07) is 11.3. The fourth-order valence-electron chi connectivity index (χ4n) is 3.92. The number of benzene rings is 1. The molecule has 2 N–H and O–H groups in total. The van der Waals surface area contributed by atoms with Crippen LogP contribution in [0.2, 0.25) is 0 Å². The molecule has 2 aliphatic heterocycles. The lowest BCUT2D eigenvalue weighted by Crippen LogP contribution is -2.44. The van der Waals surface area contributed by atoms with Crippen molar-refractivity contribution in [2.45, 2.75) is 25.4 Å². The number of nitrogens with one attached hydrogen (secondary N) is 2. The van der Waals surface area contributed by atoms with Gasteiger partial charge in [-0.15, -0.1) is 0 Å². The van der Waals surface area contributed by atoms with Crippen molar-refractivity contribution >= 4 is 34.5 Å². The molecule has 2 aliphatic rings. The number of nitrogens with zero attached hydrogens (tertiary/aromatic N) is 3. The largest absolute Gasteiger partial charge is 0.356 e. The standard InChI is InChI=1S/C20H19N5O2S/c1-12-17(28-20(21-12)24-8-4-5-9-24)19(27)22-13-10-16-18(26)23-14-6-2-3-7-15(14)25(16)11-13/h2-9,13,16H,10-11H2,1H3,(H,22,27)(H,23,26). The number of fused-ring (bicyclic) bond motifs is 3. The fraction of sp³-hybridized carbons (Fsp3) is 0.250. The predicted molar refractivity (Wildman–Crippen MR) is 108 cm³/mol. The Bertz CT molecular complexity index is 1060. The number of amides is 2. The summed E-state index contributed by atoms with van der Waals surface area (Å²) in [6.45, 7) is 2.46. The van der Waals surface area contributed by atoms with Crippen LogP contribution >= 0.6 is 11.3 Å². The van der Waals surface area contributed by atoms with Crippen LogP contribution in [0, 0.1) is 6.92 Å². The van der Waals surface area contributed by atoms with Gasteiger partial charge in [-0.1, -0.05) is 23.5 Å². The third kappa shape index (κ3) is 2.77. The Morgan fingerprint density at radius 3 is 2.86 bits per heavy atom. The van der Waals surface area contributed by atoms with Crippen LogP contribution in [0.15, 0.2) is 48.8 Å². The molecular formula is C20H19N5O2S. The van der Waals surface area contributed by atoms with E-state index in [9.17, 15) is 9.59 Å². The number of aromatic nitrogens is 2. The van der Waals surface area contributed by atoms with E-state index in [-0.39, 0.29) is 23.9 Å². The maximum absolute atomic E-state index is 12.9. The highest BCUT2D eigenvalue weighted by Gasteiger charge is 2.41. The maximum atomic E-state index is 12.9. The third-order valence-corrected chi connectivity index (χ3v) is 6.40. The van der Waals surface area contributed by atoms with Crippen LogP contribution in [0.1, 0.15) is 21.8 Å². The summed E-state index contributed by atoms with van der Waals surface area (Å²) in [5.41, 5.74) is 2.54. The Kier molecular flexibility index (Phi) is 3.94. The molecule has 2 atom stereocenters. The SMILES string of the molecule is Cc1nc(-n2cccc2)sc1C(=O)NC1CC2C(=O)Nc3ccccc3N2C1. The Balaban J connectivity index is 1.34. The van der Waals surface area contributed by atoms with Gasteiger partial charge < -0.3 is 20.1 Å².